The molecule has 0 amide bonds. The van der Waals surface area contributed by atoms with E-state index in [0.717, 1.165) is 32.4 Å². The molecule has 0 saturated heterocycles. The number of nitriles is 1. The van der Waals surface area contributed by atoms with Crippen molar-refractivity contribution in [1.82, 2.24) is 5.32 Å². The average molecular weight is 242 g/mol. The fourth-order valence-corrected chi connectivity index (χ4v) is 2.19. The van der Waals surface area contributed by atoms with Crippen LogP contribution in [0.5, 0.6) is 0 Å². The van der Waals surface area contributed by atoms with Crippen LogP contribution in [0.1, 0.15) is 37.8 Å². The van der Waals surface area contributed by atoms with Crippen molar-refractivity contribution < 1.29 is 0 Å². The maximum atomic E-state index is 8.98. The third kappa shape index (κ3) is 3.58. The number of hydrogen-bond donors (Lipinski definition) is 1. The molecule has 2 nitrogen and oxygen atoms in total. The van der Waals surface area contributed by atoms with Gasteiger partial charge in [0.05, 0.1) is 11.5 Å². The Kier molecular flexibility index (Phi) is 4.04. The van der Waals surface area contributed by atoms with Crippen LogP contribution >= 0.6 is 0 Å². The second kappa shape index (κ2) is 5.54. The zero-order chi connectivity index (χ0) is 13.0. The number of nitrogens with zero attached hydrogens (tertiary/aromatic N) is 1. The standard InChI is InChI=1S/C16H22N2/c1-13(2)9-14-3-5-15(6-4-14)10-18-12-16(11-17)7-8-16/h3-6,13,18H,7-10,12H2,1-2H3. The summed E-state index contributed by atoms with van der Waals surface area (Å²) in [5, 5.41) is 12.4. The number of hydrogen-bond acceptors (Lipinski definition) is 2. The first kappa shape index (κ1) is 13.1. The Labute approximate surface area is 110 Å². The highest BCUT2D eigenvalue weighted by Gasteiger charge is 2.42. The molecule has 0 bridgehead atoms. The van der Waals surface area contributed by atoms with Crippen LogP contribution in [0.15, 0.2) is 24.3 Å². The van der Waals surface area contributed by atoms with E-state index in [4.69, 9.17) is 5.26 Å². The molecule has 1 fully saturated rings. The topological polar surface area (TPSA) is 35.8 Å². The first-order valence-corrected chi connectivity index (χ1v) is 6.83. The summed E-state index contributed by atoms with van der Waals surface area (Å²) < 4.78 is 0. The van der Waals surface area contributed by atoms with Crippen molar-refractivity contribution in [2.45, 2.75) is 39.7 Å². The Balaban J connectivity index is 1.78. The van der Waals surface area contributed by atoms with Gasteiger partial charge in [0.1, 0.15) is 0 Å². The predicted octanol–water partition coefficient (Wildman–Crippen LogP) is 3.28. The van der Waals surface area contributed by atoms with Gasteiger partial charge >= 0.3 is 0 Å². The van der Waals surface area contributed by atoms with Gasteiger partial charge in [0, 0.05) is 13.1 Å². The molecule has 0 heterocycles. The summed E-state index contributed by atoms with van der Waals surface area (Å²) in [7, 11) is 0. The zero-order valence-corrected chi connectivity index (χ0v) is 11.4. The number of rotatable bonds is 6. The van der Waals surface area contributed by atoms with Crippen molar-refractivity contribution in [3.05, 3.63) is 35.4 Å². The van der Waals surface area contributed by atoms with Gasteiger partial charge in [-0.25, -0.2) is 0 Å². The van der Waals surface area contributed by atoms with Crippen LogP contribution < -0.4 is 5.32 Å². The molecule has 1 aromatic rings. The third-order valence-corrected chi connectivity index (χ3v) is 3.55. The molecule has 0 atom stereocenters. The van der Waals surface area contributed by atoms with E-state index in [1.807, 2.05) is 0 Å². The summed E-state index contributed by atoms with van der Waals surface area (Å²) in [6.07, 6.45) is 3.26. The van der Waals surface area contributed by atoms with E-state index in [1.165, 1.54) is 11.1 Å². The second-order valence-corrected chi connectivity index (χ2v) is 5.91. The maximum Gasteiger partial charge on any atom is 0.0703 e. The smallest absolute Gasteiger partial charge is 0.0703 e. The zero-order valence-electron chi connectivity index (χ0n) is 11.4. The highest BCUT2D eigenvalue weighted by atomic mass is 14.9. The van der Waals surface area contributed by atoms with E-state index in [9.17, 15) is 0 Å². The van der Waals surface area contributed by atoms with E-state index in [1.54, 1.807) is 0 Å². The fraction of sp³-hybridized carbons (Fsp3) is 0.562. The van der Waals surface area contributed by atoms with Crippen molar-refractivity contribution in [2.24, 2.45) is 11.3 Å². The van der Waals surface area contributed by atoms with Crippen LogP contribution in [-0.4, -0.2) is 6.54 Å². The largest absolute Gasteiger partial charge is 0.311 e. The molecule has 2 rings (SSSR count). The van der Waals surface area contributed by atoms with Crippen molar-refractivity contribution in [3.63, 3.8) is 0 Å². The Morgan fingerprint density at radius 3 is 2.33 bits per heavy atom. The highest BCUT2D eigenvalue weighted by molar-refractivity contribution is 5.23. The lowest BCUT2D eigenvalue weighted by Crippen LogP contribution is -2.22. The Morgan fingerprint density at radius 1 is 1.22 bits per heavy atom. The molecule has 0 aliphatic heterocycles. The lowest BCUT2D eigenvalue weighted by molar-refractivity contribution is 0.558. The summed E-state index contributed by atoms with van der Waals surface area (Å²) in [6, 6.07) is 11.2. The van der Waals surface area contributed by atoms with Gasteiger partial charge in [0.15, 0.2) is 0 Å². The maximum absolute atomic E-state index is 8.98. The van der Waals surface area contributed by atoms with Crippen molar-refractivity contribution >= 4 is 0 Å². The molecule has 0 spiro atoms. The average Bonchev–Trinajstić information content (AvgIpc) is 3.11. The highest BCUT2D eigenvalue weighted by Crippen LogP contribution is 2.44. The van der Waals surface area contributed by atoms with Gasteiger partial charge in [-0.05, 0) is 36.3 Å². The van der Waals surface area contributed by atoms with Crippen LogP contribution in [0, 0.1) is 22.7 Å². The van der Waals surface area contributed by atoms with E-state index >= 15 is 0 Å². The van der Waals surface area contributed by atoms with Gasteiger partial charge in [-0.15, -0.1) is 0 Å². The molecule has 0 unspecified atom stereocenters. The Hall–Kier alpha value is -1.33. The molecule has 96 valence electrons. The molecule has 2 heteroatoms. The summed E-state index contributed by atoms with van der Waals surface area (Å²) in [4.78, 5) is 0. The molecule has 0 radical (unpaired) electrons. The quantitative estimate of drug-likeness (QED) is 0.831. The lowest BCUT2D eigenvalue weighted by Gasteiger charge is -2.09. The molecule has 18 heavy (non-hydrogen) atoms. The Bertz CT molecular complexity index is 421. The molecule has 1 aliphatic rings. The Morgan fingerprint density at radius 2 is 1.83 bits per heavy atom. The summed E-state index contributed by atoms with van der Waals surface area (Å²) >= 11 is 0. The molecule has 1 N–H and O–H groups in total. The minimum Gasteiger partial charge on any atom is -0.311 e. The van der Waals surface area contributed by atoms with Gasteiger partial charge in [0.2, 0.25) is 0 Å². The summed E-state index contributed by atoms with van der Waals surface area (Å²) in [6.45, 7) is 6.18. The second-order valence-electron chi connectivity index (χ2n) is 5.91. The number of nitrogens with one attached hydrogen (secondary N) is 1. The van der Waals surface area contributed by atoms with Gasteiger partial charge in [-0.2, -0.15) is 5.26 Å². The molecular formula is C16H22N2. The normalized spacial score (nSPS) is 16.6. The third-order valence-electron chi connectivity index (χ3n) is 3.55. The van der Waals surface area contributed by atoms with Crippen LogP contribution in [-0.2, 0) is 13.0 Å². The van der Waals surface area contributed by atoms with Crippen molar-refractivity contribution in [3.8, 4) is 6.07 Å². The van der Waals surface area contributed by atoms with E-state index in [-0.39, 0.29) is 5.41 Å². The molecule has 1 aliphatic carbocycles. The summed E-state index contributed by atoms with van der Waals surface area (Å²) in [5.74, 6) is 0.708. The molecular weight excluding hydrogens is 220 g/mol. The lowest BCUT2D eigenvalue weighted by atomic mass is 10.0. The van der Waals surface area contributed by atoms with E-state index in [2.05, 4.69) is 49.5 Å². The van der Waals surface area contributed by atoms with Crippen LogP contribution in [0.4, 0.5) is 0 Å². The molecule has 1 saturated carbocycles. The van der Waals surface area contributed by atoms with E-state index < -0.39 is 0 Å². The monoisotopic (exact) mass is 242 g/mol. The van der Waals surface area contributed by atoms with Crippen LogP contribution in [0.2, 0.25) is 0 Å². The fourth-order valence-electron chi connectivity index (χ4n) is 2.19. The minimum atomic E-state index is -0.0441. The van der Waals surface area contributed by atoms with Crippen LogP contribution in [0.3, 0.4) is 0 Å². The van der Waals surface area contributed by atoms with Gasteiger partial charge < -0.3 is 5.32 Å². The minimum absolute atomic E-state index is 0.0441. The van der Waals surface area contributed by atoms with Gasteiger partial charge in [0.25, 0.3) is 0 Å². The first-order valence-electron chi connectivity index (χ1n) is 6.83. The van der Waals surface area contributed by atoms with Gasteiger partial charge in [-0.1, -0.05) is 38.1 Å². The van der Waals surface area contributed by atoms with Crippen LogP contribution in [0.25, 0.3) is 0 Å². The van der Waals surface area contributed by atoms with Crippen molar-refractivity contribution in [1.29, 1.82) is 5.26 Å². The molecule has 1 aromatic carbocycles. The summed E-state index contributed by atoms with van der Waals surface area (Å²) in [5.41, 5.74) is 2.66. The first-order chi connectivity index (χ1) is 8.63. The SMILES string of the molecule is CC(C)Cc1ccc(CNCC2(C#N)CC2)cc1. The van der Waals surface area contributed by atoms with E-state index in [0.29, 0.717) is 5.92 Å². The van der Waals surface area contributed by atoms with Gasteiger partial charge in [-0.3, -0.25) is 0 Å². The predicted molar refractivity (Wildman–Crippen MR) is 74.0 cm³/mol. The number of benzene rings is 1. The molecule has 0 aromatic heterocycles. The van der Waals surface area contributed by atoms with Crippen molar-refractivity contribution in [2.75, 3.05) is 6.54 Å².